The van der Waals surface area contributed by atoms with Crippen molar-refractivity contribution < 1.29 is 13.6 Å². The molecule has 0 spiro atoms. The number of amides is 1. The van der Waals surface area contributed by atoms with Crippen LogP contribution in [0.4, 0.5) is 10.1 Å². The molecule has 0 aliphatic rings. The molecule has 0 bridgehead atoms. The molecule has 1 amide bonds. The monoisotopic (exact) mass is 388 g/mol. The van der Waals surface area contributed by atoms with Gasteiger partial charge in [-0.1, -0.05) is 32.0 Å². The van der Waals surface area contributed by atoms with E-state index in [0.717, 1.165) is 22.2 Å². The van der Waals surface area contributed by atoms with Crippen LogP contribution in [0.15, 0.2) is 65.1 Å². The Bertz CT molecular complexity index is 1210. The second kappa shape index (κ2) is 7.51. The first-order valence-corrected chi connectivity index (χ1v) is 9.49. The summed E-state index contributed by atoms with van der Waals surface area (Å²) in [5.41, 5.74) is 5.25. The number of nitrogens with one attached hydrogen (secondary N) is 1. The molecule has 0 saturated carbocycles. The van der Waals surface area contributed by atoms with Gasteiger partial charge in [0.1, 0.15) is 11.3 Å². The first-order valence-electron chi connectivity index (χ1n) is 9.49. The Morgan fingerprint density at radius 2 is 1.90 bits per heavy atom. The zero-order chi connectivity index (χ0) is 20.5. The van der Waals surface area contributed by atoms with Crippen LogP contribution in [0.3, 0.4) is 0 Å². The van der Waals surface area contributed by atoms with E-state index in [2.05, 4.69) is 24.1 Å². The number of oxazole rings is 1. The third-order valence-corrected chi connectivity index (χ3v) is 4.90. The maximum Gasteiger partial charge on any atom is 0.255 e. The maximum absolute atomic E-state index is 13.4. The van der Waals surface area contributed by atoms with Crippen molar-refractivity contribution in [2.24, 2.45) is 0 Å². The van der Waals surface area contributed by atoms with E-state index < -0.39 is 5.82 Å². The predicted molar refractivity (Wildman–Crippen MR) is 113 cm³/mol. The number of fused-ring (bicyclic) bond motifs is 1. The molecule has 146 valence electrons. The standard InChI is InChI=1S/C24H21FN2O2/c1-14(2)16-9-10-22-21(12-16)27-24(29-22)18-8-7-15(3)20(13-18)26-23(28)17-5-4-6-19(25)11-17/h4-14H,1-3H3,(H,26,28). The topological polar surface area (TPSA) is 55.1 Å². The number of aromatic nitrogens is 1. The molecule has 1 N–H and O–H groups in total. The minimum absolute atomic E-state index is 0.262. The van der Waals surface area contributed by atoms with Gasteiger partial charge in [-0.15, -0.1) is 0 Å². The molecule has 4 rings (SSSR count). The number of aryl methyl sites for hydroxylation is 1. The lowest BCUT2D eigenvalue weighted by Gasteiger charge is -2.10. The molecule has 4 aromatic rings. The van der Waals surface area contributed by atoms with Gasteiger partial charge >= 0.3 is 0 Å². The number of halogens is 1. The molecule has 0 radical (unpaired) electrons. The summed E-state index contributed by atoms with van der Waals surface area (Å²) in [7, 11) is 0. The summed E-state index contributed by atoms with van der Waals surface area (Å²) in [6.45, 7) is 6.16. The molecular formula is C24H21FN2O2. The molecule has 0 aliphatic heterocycles. The summed E-state index contributed by atoms with van der Waals surface area (Å²) in [5, 5.41) is 2.85. The first kappa shape index (κ1) is 18.9. The number of carbonyl (C=O) groups excluding carboxylic acids is 1. The summed E-state index contributed by atoms with van der Waals surface area (Å²) >= 11 is 0. The third kappa shape index (κ3) is 3.90. The van der Waals surface area contributed by atoms with Crippen LogP contribution >= 0.6 is 0 Å². The van der Waals surface area contributed by atoms with E-state index in [1.165, 1.54) is 23.8 Å². The van der Waals surface area contributed by atoms with E-state index in [4.69, 9.17) is 4.42 Å². The van der Waals surface area contributed by atoms with Crippen molar-refractivity contribution in [3.8, 4) is 11.5 Å². The predicted octanol–water partition coefficient (Wildman–Crippen LogP) is 6.32. The summed E-state index contributed by atoms with van der Waals surface area (Å²) < 4.78 is 19.3. The van der Waals surface area contributed by atoms with Gasteiger partial charge in [0.05, 0.1) is 0 Å². The summed E-state index contributed by atoms with van der Waals surface area (Å²) in [5.74, 6) is 0.0741. The number of carbonyl (C=O) groups is 1. The van der Waals surface area contributed by atoms with E-state index in [0.29, 0.717) is 17.5 Å². The smallest absolute Gasteiger partial charge is 0.255 e. The summed E-state index contributed by atoms with van der Waals surface area (Å²) in [4.78, 5) is 17.1. The van der Waals surface area contributed by atoms with E-state index in [9.17, 15) is 9.18 Å². The number of rotatable bonds is 4. The Labute approximate surface area is 168 Å². The normalized spacial score (nSPS) is 11.2. The zero-order valence-electron chi connectivity index (χ0n) is 16.5. The maximum atomic E-state index is 13.4. The van der Waals surface area contributed by atoms with Crippen LogP contribution in [0.2, 0.25) is 0 Å². The van der Waals surface area contributed by atoms with Crippen LogP contribution in [0.25, 0.3) is 22.6 Å². The van der Waals surface area contributed by atoms with Crippen molar-refractivity contribution in [2.45, 2.75) is 26.7 Å². The molecule has 1 heterocycles. The van der Waals surface area contributed by atoms with Crippen molar-refractivity contribution in [3.05, 3.63) is 83.2 Å². The Hall–Kier alpha value is -3.47. The van der Waals surface area contributed by atoms with Gasteiger partial charge in [0.15, 0.2) is 5.58 Å². The van der Waals surface area contributed by atoms with Crippen LogP contribution in [0, 0.1) is 12.7 Å². The van der Waals surface area contributed by atoms with Crippen LogP contribution in [0.1, 0.15) is 41.3 Å². The van der Waals surface area contributed by atoms with Crippen molar-refractivity contribution in [2.75, 3.05) is 5.32 Å². The molecule has 4 nitrogen and oxygen atoms in total. The van der Waals surface area contributed by atoms with Gasteiger partial charge in [0.25, 0.3) is 5.91 Å². The first-order chi connectivity index (χ1) is 13.9. The molecular weight excluding hydrogens is 367 g/mol. The minimum Gasteiger partial charge on any atom is -0.436 e. The van der Waals surface area contributed by atoms with Crippen LogP contribution in [-0.2, 0) is 0 Å². The lowest BCUT2D eigenvalue weighted by Crippen LogP contribution is -2.13. The highest BCUT2D eigenvalue weighted by atomic mass is 19.1. The van der Waals surface area contributed by atoms with Gasteiger partial charge in [-0.3, -0.25) is 4.79 Å². The molecule has 0 saturated heterocycles. The zero-order valence-corrected chi connectivity index (χ0v) is 16.5. The fraction of sp³-hybridized carbons (Fsp3) is 0.167. The molecule has 3 aromatic carbocycles. The van der Waals surface area contributed by atoms with Crippen LogP contribution < -0.4 is 5.32 Å². The SMILES string of the molecule is Cc1ccc(-c2nc3cc(C(C)C)ccc3o2)cc1NC(=O)c1cccc(F)c1. The van der Waals surface area contributed by atoms with Gasteiger partial charge in [-0.05, 0) is 66.4 Å². The van der Waals surface area contributed by atoms with E-state index in [1.807, 2.05) is 43.3 Å². The number of nitrogens with zero attached hydrogens (tertiary/aromatic N) is 1. The molecule has 0 atom stereocenters. The van der Waals surface area contributed by atoms with Crippen molar-refractivity contribution in [1.82, 2.24) is 4.98 Å². The lowest BCUT2D eigenvalue weighted by atomic mass is 10.0. The van der Waals surface area contributed by atoms with E-state index in [1.54, 1.807) is 6.07 Å². The Balaban J connectivity index is 1.66. The fourth-order valence-corrected chi connectivity index (χ4v) is 3.14. The number of hydrogen-bond donors (Lipinski definition) is 1. The Kier molecular flexibility index (Phi) is 4.89. The highest BCUT2D eigenvalue weighted by Gasteiger charge is 2.13. The quantitative estimate of drug-likeness (QED) is 0.445. The molecule has 0 aliphatic carbocycles. The van der Waals surface area contributed by atoms with Crippen molar-refractivity contribution in [3.63, 3.8) is 0 Å². The van der Waals surface area contributed by atoms with Crippen molar-refractivity contribution >= 4 is 22.7 Å². The van der Waals surface area contributed by atoms with Crippen molar-refractivity contribution in [1.29, 1.82) is 0 Å². The minimum atomic E-state index is -0.449. The van der Waals surface area contributed by atoms with Gasteiger partial charge in [-0.25, -0.2) is 9.37 Å². The fourth-order valence-electron chi connectivity index (χ4n) is 3.14. The van der Waals surface area contributed by atoms with Gasteiger partial charge < -0.3 is 9.73 Å². The third-order valence-electron chi connectivity index (χ3n) is 4.90. The molecule has 0 unspecified atom stereocenters. The van der Waals surface area contributed by atoms with Crippen LogP contribution in [0.5, 0.6) is 0 Å². The van der Waals surface area contributed by atoms with Gasteiger partial charge in [-0.2, -0.15) is 0 Å². The van der Waals surface area contributed by atoms with Gasteiger partial charge in [0, 0.05) is 16.8 Å². The molecule has 29 heavy (non-hydrogen) atoms. The summed E-state index contributed by atoms with van der Waals surface area (Å²) in [6.07, 6.45) is 0. The van der Waals surface area contributed by atoms with Gasteiger partial charge in [0.2, 0.25) is 5.89 Å². The second-order valence-electron chi connectivity index (χ2n) is 7.40. The van der Waals surface area contributed by atoms with Crippen LogP contribution in [-0.4, -0.2) is 10.9 Å². The second-order valence-corrected chi connectivity index (χ2v) is 7.40. The number of anilines is 1. The van der Waals surface area contributed by atoms with E-state index >= 15 is 0 Å². The molecule has 1 aromatic heterocycles. The average Bonchev–Trinajstić information content (AvgIpc) is 3.12. The number of benzene rings is 3. The molecule has 0 fully saturated rings. The number of hydrogen-bond acceptors (Lipinski definition) is 3. The lowest BCUT2D eigenvalue weighted by molar-refractivity contribution is 0.102. The van der Waals surface area contributed by atoms with E-state index in [-0.39, 0.29) is 11.5 Å². The Morgan fingerprint density at radius 3 is 2.66 bits per heavy atom. The summed E-state index contributed by atoms with van der Waals surface area (Å²) in [6, 6.07) is 17.2. The highest BCUT2D eigenvalue weighted by Crippen LogP contribution is 2.29. The largest absolute Gasteiger partial charge is 0.436 e. The average molecular weight is 388 g/mol. The Morgan fingerprint density at radius 1 is 1.07 bits per heavy atom. The highest BCUT2D eigenvalue weighted by molar-refractivity contribution is 6.04. The molecule has 5 heteroatoms.